The van der Waals surface area contributed by atoms with E-state index in [9.17, 15) is 9.59 Å². The van der Waals surface area contributed by atoms with Gasteiger partial charge in [0.25, 0.3) is 5.56 Å². The number of aromatic nitrogens is 2. The van der Waals surface area contributed by atoms with Crippen molar-refractivity contribution in [3.63, 3.8) is 0 Å². The summed E-state index contributed by atoms with van der Waals surface area (Å²) in [6.07, 6.45) is 0.964. The standard InChI is InChI=1S/C23H25N3O2/c1-5-18-6-8-19(9-7-18)20-10-11-22(28)26(25-20)14-21(27)24-23-16(3)12-15(2)13-17(23)4/h6-13H,5,14H2,1-4H3,(H,24,27). The van der Waals surface area contributed by atoms with E-state index in [1.165, 1.54) is 16.3 Å². The Morgan fingerprint density at radius 2 is 1.64 bits per heavy atom. The molecule has 0 radical (unpaired) electrons. The zero-order valence-electron chi connectivity index (χ0n) is 16.7. The lowest BCUT2D eigenvalue weighted by Gasteiger charge is -2.13. The van der Waals surface area contributed by atoms with Crippen LogP contribution in [0.5, 0.6) is 0 Å². The summed E-state index contributed by atoms with van der Waals surface area (Å²) in [5.41, 5.74) is 6.44. The van der Waals surface area contributed by atoms with Gasteiger partial charge >= 0.3 is 0 Å². The molecular formula is C23H25N3O2. The number of rotatable bonds is 5. The summed E-state index contributed by atoms with van der Waals surface area (Å²) in [5, 5.41) is 7.30. The first kappa shape index (κ1) is 19.5. The third-order valence-electron chi connectivity index (χ3n) is 4.76. The molecule has 3 rings (SSSR count). The van der Waals surface area contributed by atoms with E-state index >= 15 is 0 Å². The summed E-state index contributed by atoms with van der Waals surface area (Å²) in [6, 6.07) is 15.2. The van der Waals surface area contributed by atoms with Crippen LogP contribution in [0.3, 0.4) is 0 Å². The molecule has 0 unspecified atom stereocenters. The highest BCUT2D eigenvalue weighted by Crippen LogP contribution is 2.22. The fourth-order valence-corrected chi connectivity index (χ4v) is 3.32. The Kier molecular flexibility index (Phi) is 5.73. The SMILES string of the molecule is CCc1ccc(-c2ccc(=O)n(CC(=O)Nc3c(C)cc(C)cc3C)n2)cc1. The highest BCUT2D eigenvalue weighted by molar-refractivity contribution is 5.92. The fourth-order valence-electron chi connectivity index (χ4n) is 3.32. The van der Waals surface area contributed by atoms with Gasteiger partial charge in [0.2, 0.25) is 5.91 Å². The minimum absolute atomic E-state index is 0.132. The van der Waals surface area contributed by atoms with Gasteiger partial charge in [-0.2, -0.15) is 5.10 Å². The Labute approximate surface area is 165 Å². The van der Waals surface area contributed by atoms with Gasteiger partial charge in [-0.1, -0.05) is 48.9 Å². The zero-order valence-corrected chi connectivity index (χ0v) is 16.7. The zero-order chi connectivity index (χ0) is 20.3. The molecule has 1 amide bonds. The van der Waals surface area contributed by atoms with E-state index in [1.54, 1.807) is 6.07 Å². The molecule has 0 aliphatic rings. The number of carbonyl (C=O) groups excluding carboxylic acids is 1. The molecule has 0 atom stereocenters. The molecule has 3 aromatic rings. The van der Waals surface area contributed by atoms with Crippen molar-refractivity contribution >= 4 is 11.6 Å². The van der Waals surface area contributed by atoms with Crippen LogP contribution < -0.4 is 10.9 Å². The number of carbonyl (C=O) groups is 1. The van der Waals surface area contributed by atoms with Crippen molar-refractivity contribution in [3.05, 3.63) is 81.1 Å². The smallest absolute Gasteiger partial charge is 0.267 e. The van der Waals surface area contributed by atoms with Crippen LogP contribution >= 0.6 is 0 Å². The molecule has 0 bridgehead atoms. The molecule has 0 spiro atoms. The van der Waals surface area contributed by atoms with Crippen LogP contribution in [-0.4, -0.2) is 15.7 Å². The van der Waals surface area contributed by atoms with Crippen molar-refractivity contribution in [1.82, 2.24) is 9.78 Å². The molecule has 0 saturated carbocycles. The van der Waals surface area contributed by atoms with Crippen molar-refractivity contribution < 1.29 is 4.79 Å². The predicted molar refractivity (Wildman–Crippen MR) is 113 cm³/mol. The normalized spacial score (nSPS) is 10.7. The van der Waals surface area contributed by atoms with Crippen LogP contribution in [0.25, 0.3) is 11.3 Å². The van der Waals surface area contributed by atoms with Gasteiger partial charge in [-0.25, -0.2) is 4.68 Å². The second kappa shape index (κ2) is 8.21. The minimum Gasteiger partial charge on any atom is -0.324 e. The first-order valence-corrected chi connectivity index (χ1v) is 9.42. The van der Waals surface area contributed by atoms with Crippen LogP contribution in [0.4, 0.5) is 5.69 Å². The minimum atomic E-state index is -0.304. The quantitative estimate of drug-likeness (QED) is 0.732. The third-order valence-corrected chi connectivity index (χ3v) is 4.76. The van der Waals surface area contributed by atoms with Crippen molar-refractivity contribution in [2.24, 2.45) is 0 Å². The van der Waals surface area contributed by atoms with Crippen LogP contribution in [0.15, 0.2) is 53.3 Å². The number of hydrogen-bond acceptors (Lipinski definition) is 3. The van der Waals surface area contributed by atoms with E-state index in [2.05, 4.69) is 17.3 Å². The van der Waals surface area contributed by atoms with Gasteiger partial charge in [-0.15, -0.1) is 0 Å². The summed E-state index contributed by atoms with van der Waals surface area (Å²) in [4.78, 5) is 24.7. The summed E-state index contributed by atoms with van der Waals surface area (Å²) in [5.74, 6) is -0.275. The van der Waals surface area contributed by atoms with Crippen LogP contribution in [0.2, 0.25) is 0 Å². The Balaban J connectivity index is 1.82. The Bertz CT molecular complexity index is 1040. The highest BCUT2D eigenvalue weighted by Gasteiger charge is 2.11. The van der Waals surface area contributed by atoms with E-state index < -0.39 is 0 Å². The number of amides is 1. The first-order chi connectivity index (χ1) is 13.4. The maximum absolute atomic E-state index is 12.5. The highest BCUT2D eigenvalue weighted by atomic mass is 16.2. The van der Waals surface area contributed by atoms with E-state index in [4.69, 9.17) is 0 Å². The largest absolute Gasteiger partial charge is 0.324 e. The number of aryl methyl sites for hydroxylation is 4. The molecule has 144 valence electrons. The van der Waals surface area contributed by atoms with Gasteiger partial charge in [0.15, 0.2) is 0 Å². The molecule has 28 heavy (non-hydrogen) atoms. The van der Waals surface area contributed by atoms with E-state index in [1.807, 2.05) is 57.2 Å². The van der Waals surface area contributed by atoms with E-state index in [-0.39, 0.29) is 18.0 Å². The predicted octanol–water partition coefficient (Wildman–Crippen LogP) is 4.04. The summed E-state index contributed by atoms with van der Waals surface area (Å²) < 4.78 is 1.21. The summed E-state index contributed by atoms with van der Waals surface area (Å²) >= 11 is 0. The van der Waals surface area contributed by atoms with Crippen LogP contribution in [0.1, 0.15) is 29.2 Å². The summed E-state index contributed by atoms with van der Waals surface area (Å²) in [6.45, 7) is 7.91. The lowest BCUT2D eigenvalue weighted by atomic mass is 10.1. The first-order valence-electron chi connectivity index (χ1n) is 9.42. The number of nitrogens with zero attached hydrogens (tertiary/aromatic N) is 2. The molecule has 0 fully saturated rings. The van der Waals surface area contributed by atoms with Crippen molar-refractivity contribution in [1.29, 1.82) is 0 Å². The molecule has 0 aliphatic carbocycles. The molecule has 0 saturated heterocycles. The van der Waals surface area contributed by atoms with Crippen molar-refractivity contribution in [2.75, 3.05) is 5.32 Å². The lowest BCUT2D eigenvalue weighted by Crippen LogP contribution is -2.29. The maximum atomic E-state index is 12.5. The molecule has 5 nitrogen and oxygen atoms in total. The number of hydrogen-bond donors (Lipinski definition) is 1. The monoisotopic (exact) mass is 375 g/mol. The Morgan fingerprint density at radius 1 is 1.00 bits per heavy atom. The number of anilines is 1. The molecule has 2 aromatic carbocycles. The van der Waals surface area contributed by atoms with Crippen LogP contribution in [-0.2, 0) is 17.8 Å². The number of nitrogens with one attached hydrogen (secondary N) is 1. The molecule has 1 aromatic heterocycles. The summed E-state index contributed by atoms with van der Waals surface area (Å²) in [7, 11) is 0. The molecular weight excluding hydrogens is 350 g/mol. The van der Waals surface area contributed by atoms with Gasteiger partial charge in [0.1, 0.15) is 6.54 Å². The van der Waals surface area contributed by atoms with Gasteiger partial charge in [0, 0.05) is 17.3 Å². The van der Waals surface area contributed by atoms with Gasteiger partial charge in [-0.05, 0) is 49.9 Å². The second-order valence-corrected chi connectivity index (χ2v) is 7.09. The van der Waals surface area contributed by atoms with Crippen LogP contribution in [0, 0.1) is 20.8 Å². The van der Waals surface area contributed by atoms with Gasteiger partial charge in [0.05, 0.1) is 5.69 Å². The molecule has 0 aliphatic heterocycles. The Morgan fingerprint density at radius 3 is 2.25 bits per heavy atom. The van der Waals surface area contributed by atoms with Crippen molar-refractivity contribution in [3.8, 4) is 11.3 Å². The lowest BCUT2D eigenvalue weighted by molar-refractivity contribution is -0.117. The van der Waals surface area contributed by atoms with Gasteiger partial charge in [-0.3, -0.25) is 9.59 Å². The van der Waals surface area contributed by atoms with E-state index in [0.717, 1.165) is 34.4 Å². The maximum Gasteiger partial charge on any atom is 0.267 e. The molecule has 5 heteroatoms. The molecule has 1 heterocycles. The topological polar surface area (TPSA) is 64.0 Å². The molecule has 1 N–H and O–H groups in total. The number of benzene rings is 2. The van der Waals surface area contributed by atoms with Gasteiger partial charge < -0.3 is 5.32 Å². The third kappa shape index (κ3) is 4.36. The average Bonchev–Trinajstić information content (AvgIpc) is 2.66. The second-order valence-electron chi connectivity index (χ2n) is 7.09. The average molecular weight is 375 g/mol. The Hall–Kier alpha value is -3.21. The van der Waals surface area contributed by atoms with E-state index in [0.29, 0.717) is 5.69 Å². The fraction of sp³-hybridized carbons (Fsp3) is 0.261. The van der Waals surface area contributed by atoms with Crippen molar-refractivity contribution in [2.45, 2.75) is 40.7 Å².